The molecule has 1 fully saturated rings. The molecular weight excluding hydrogens is 240 g/mol. The summed E-state index contributed by atoms with van der Waals surface area (Å²) in [4.78, 5) is 4.67. The number of thioether (sulfide) groups is 1. The van der Waals surface area contributed by atoms with Gasteiger partial charge in [0.05, 0.1) is 6.54 Å². The van der Waals surface area contributed by atoms with Crippen LogP contribution >= 0.6 is 11.8 Å². The average molecular weight is 268 g/mol. The number of rotatable bonds is 4. The fourth-order valence-corrected chi connectivity index (χ4v) is 4.25. The Labute approximate surface area is 116 Å². The molecule has 1 N–H and O–H groups in total. The van der Waals surface area contributed by atoms with Gasteiger partial charge in [0.2, 0.25) is 0 Å². The first-order chi connectivity index (χ1) is 8.42. The van der Waals surface area contributed by atoms with Crippen molar-refractivity contribution >= 4 is 16.9 Å². The second-order valence-electron chi connectivity index (χ2n) is 7.21. The predicted molar refractivity (Wildman–Crippen MR) is 82.3 cm³/mol. The van der Waals surface area contributed by atoms with E-state index in [-0.39, 0.29) is 0 Å². The van der Waals surface area contributed by atoms with Gasteiger partial charge in [-0.1, -0.05) is 45.9 Å². The molecule has 0 saturated heterocycles. The van der Waals surface area contributed by atoms with Crippen molar-refractivity contribution in [3.8, 4) is 0 Å². The Kier molecular flexibility index (Phi) is 4.30. The van der Waals surface area contributed by atoms with Crippen LogP contribution in [0.15, 0.2) is 4.99 Å². The average Bonchev–Trinajstić information content (AvgIpc) is 2.62. The zero-order valence-corrected chi connectivity index (χ0v) is 13.2. The van der Waals surface area contributed by atoms with E-state index in [4.69, 9.17) is 0 Å². The van der Waals surface area contributed by atoms with Gasteiger partial charge >= 0.3 is 0 Å². The van der Waals surface area contributed by atoms with Crippen molar-refractivity contribution in [3.05, 3.63) is 0 Å². The van der Waals surface area contributed by atoms with Gasteiger partial charge in [0.15, 0.2) is 5.17 Å². The zero-order valence-electron chi connectivity index (χ0n) is 12.4. The number of nitrogens with zero attached hydrogens (tertiary/aromatic N) is 1. The molecule has 1 saturated carbocycles. The third kappa shape index (κ3) is 3.66. The number of hydrogen-bond acceptors (Lipinski definition) is 3. The van der Waals surface area contributed by atoms with Crippen LogP contribution in [-0.2, 0) is 0 Å². The lowest BCUT2D eigenvalue weighted by atomic mass is 9.67. The summed E-state index contributed by atoms with van der Waals surface area (Å²) >= 11 is 1.96. The molecule has 0 radical (unpaired) electrons. The largest absolute Gasteiger partial charge is 0.364 e. The van der Waals surface area contributed by atoms with Gasteiger partial charge in [-0.25, -0.2) is 0 Å². The Bertz CT molecular complexity index is 307. The van der Waals surface area contributed by atoms with E-state index >= 15 is 0 Å². The molecule has 0 bridgehead atoms. The van der Waals surface area contributed by atoms with Crippen molar-refractivity contribution in [3.63, 3.8) is 0 Å². The van der Waals surface area contributed by atoms with Crippen molar-refractivity contribution in [1.29, 1.82) is 0 Å². The van der Waals surface area contributed by atoms with Gasteiger partial charge in [0.25, 0.3) is 0 Å². The second-order valence-corrected chi connectivity index (χ2v) is 8.50. The highest BCUT2D eigenvalue weighted by Gasteiger charge is 2.35. The summed E-state index contributed by atoms with van der Waals surface area (Å²) in [7, 11) is 0. The summed E-state index contributed by atoms with van der Waals surface area (Å²) in [5.74, 6) is 0. The topological polar surface area (TPSA) is 24.4 Å². The molecule has 104 valence electrons. The molecule has 18 heavy (non-hydrogen) atoms. The maximum Gasteiger partial charge on any atom is 0.156 e. The molecule has 3 heteroatoms. The van der Waals surface area contributed by atoms with E-state index in [1.807, 2.05) is 11.8 Å². The molecule has 2 aliphatic rings. The Morgan fingerprint density at radius 3 is 2.61 bits per heavy atom. The molecule has 2 rings (SSSR count). The first kappa shape index (κ1) is 14.2. The maximum absolute atomic E-state index is 4.67. The smallest absolute Gasteiger partial charge is 0.156 e. The van der Waals surface area contributed by atoms with Crippen LogP contribution in [0.3, 0.4) is 0 Å². The molecule has 1 unspecified atom stereocenters. The van der Waals surface area contributed by atoms with E-state index in [2.05, 4.69) is 38.0 Å². The van der Waals surface area contributed by atoms with E-state index in [0.29, 0.717) is 16.1 Å². The second kappa shape index (κ2) is 5.44. The van der Waals surface area contributed by atoms with Gasteiger partial charge < -0.3 is 5.32 Å². The van der Waals surface area contributed by atoms with Crippen LogP contribution < -0.4 is 5.32 Å². The molecule has 0 amide bonds. The molecular formula is C15H28N2S. The van der Waals surface area contributed by atoms with Gasteiger partial charge in [0, 0.05) is 11.8 Å². The van der Waals surface area contributed by atoms with Crippen LogP contribution in [0.1, 0.15) is 59.8 Å². The molecule has 0 spiro atoms. The van der Waals surface area contributed by atoms with Gasteiger partial charge in [-0.15, -0.1) is 0 Å². The molecule has 1 aliphatic carbocycles. The van der Waals surface area contributed by atoms with E-state index in [9.17, 15) is 0 Å². The number of aliphatic imine (C=N–C) groups is 1. The lowest BCUT2D eigenvalue weighted by Crippen LogP contribution is -2.40. The maximum atomic E-state index is 4.67. The fraction of sp³-hybridized carbons (Fsp3) is 0.933. The SMILES string of the molecule is CCC1(CNC2=NCC(CC(C)(C)C)S2)CCC1. The number of hydrogen-bond donors (Lipinski definition) is 1. The highest BCUT2D eigenvalue weighted by Crippen LogP contribution is 2.43. The van der Waals surface area contributed by atoms with E-state index in [1.165, 1.54) is 37.3 Å². The molecule has 0 aromatic carbocycles. The summed E-state index contributed by atoms with van der Waals surface area (Å²) in [6, 6.07) is 0. The Morgan fingerprint density at radius 2 is 2.11 bits per heavy atom. The molecule has 0 aromatic heterocycles. The summed E-state index contributed by atoms with van der Waals surface area (Å²) in [6.45, 7) is 11.4. The van der Waals surface area contributed by atoms with Gasteiger partial charge in [-0.05, 0) is 36.5 Å². The van der Waals surface area contributed by atoms with Crippen LogP contribution in [0, 0.1) is 10.8 Å². The van der Waals surface area contributed by atoms with Crippen LogP contribution in [0.5, 0.6) is 0 Å². The molecule has 2 nitrogen and oxygen atoms in total. The summed E-state index contributed by atoms with van der Waals surface area (Å²) in [6.07, 6.45) is 6.79. The molecule has 1 aliphatic heterocycles. The van der Waals surface area contributed by atoms with Crippen molar-refractivity contribution in [2.45, 2.75) is 65.0 Å². The highest BCUT2D eigenvalue weighted by atomic mass is 32.2. The lowest BCUT2D eigenvalue weighted by Gasteiger charge is -2.41. The van der Waals surface area contributed by atoms with E-state index in [1.54, 1.807) is 0 Å². The third-order valence-corrected chi connectivity index (χ3v) is 5.48. The monoisotopic (exact) mass is 268 g/mol. The van der Waals surface area contributed by atoms with Crippen molar-refractivity contribution in [2.24, 2.45) is 15.8 Å². The van der Waals surface area contributed by atoms with Crippen LogP contribution in [-0.4, -0.2) is 23.5 Å². The van der Waals surface area contributed by atoms with Crippen molar-refractivity contribution < 1.29 is 0 Å². The Balaban J connectivity index is 1.72. The lowest BCUT2D eigenvalue weighted by molar-refractivity contribution is 0.132. The number of amidine groups is 1. The first-order valence-electron chi connectivity index (χ1n) is 7.37. The minimum Gasteiger partial charge on any atom is -0.364 e. The first-order valence-corrected chi connectivity index (χ1v) is 8.25. The molecule has 1 atom stereocenters. The fourth-order valence-electron chi connectivity index (χ4n) is 2.90. The van der Waals surface area contributed by atoms with Crippen LogP contribution in [0.25, 0.3) is 0 Å². The van der Waals surface area contributed by atoms with E-state index < -0.39 is 0 Å². The standard InChI is InChI=1S/C15H28N2S/c1-5-15(7-6-8-15)11-17-13-16-10-12(18-13)9-14(2,3)4/h12H,5-11H2,1-4H3,(H,16,17). The van der Waals surface area contributed by atoms with Gasteiger partial charge in [-0.2, -0.15) is 0 Å². The van der Waals surface area contributed by atoms with Crippen LogP contribution in [0.4, 0.5) is 0 Å². The minimum absolute atomic E-state index is 0.418. The van der Waals surface area contributed by atoms with Gasteiger partial charge in [0.1, 0.15) is 0 Å². The zero-order chi connectivity index (χ0) is 13.2. The summed E-state index contributed by atoms with van der Waals surface area (Å²) < 4.78 is 0. The van der Waals surface area contributed by atoms with E-state index in [0.717, 1.165) is 13.1 Å². The quantitative estimate of drug-likeness (QED) is 0.831. The summed E-state index contributed by atoms with van der Waals surface area (Å²) in [5.41, 5.74) is 1.01. The molecule has 1 heterocycles. The Hall–Kier alpha value is -0.180. The van der Waals surface area contributed by atoms with Crippen molar-refractivity contribution in [1.82, 2.24) is 5.32 Å². The minimum atomic E-state index is 0.418. The van der Waals surface area contributed by atoms with Crippen LogP contribution in [0.2, 0.25) is 0 Å². The Morgan fingerprint density at radius 1 is 1.39 bits per heavy atom. The highest BCUT2D eigenvalue weighted by molar-refractivity contribution is 8.14. The third-order valence-electron chi connectivity index (χ3n) is 4.34. The normalized spacial score (nSPS) is 26.7. The van der Waals surface area contributed by atoms with Gasteiger partial charge in [-0.3, -0.25) is 4.99 Å². The van der Waals surface area contributed by atoms with Crippen molar-refractivity contribution in [2.75, 3.05) is 13.1 Å². The number of nitrogens with one attached hydrogen (secondary N) is 1. The molecule has 0 aromatic rings. The predicted octanol–water partition coefficient (Wildman–Crippen LogP) is 4.06. The summed E-state index contributed by atoms with van der Waals surface area (Å²) in [5, 5.41) is 5.49.